The molecule has 1 N–H and O–H groups in total. The summed E-state index contributed by atoms with van der Waals surface area (Å²) in [6, 6.07) is 8.10. The van der Waals surface area contributed by atoms with E-state index in [4.69, 9.17) is 4.74 Å². The van der Waals surface area contributed by atoms with Crippen molar-refractivity contribution < 1.29 is 4.74 Å². The van der Waals surface area contributed by atoms with E-state index in [1.165, 1.54) is 5.69 Å². The van der Waals surface area contributed by atoms with Crippen LogP contribution in [0.1, 0.15) is 32.9 Å². The normalized spacial score (nSPS) is 12.2. The predicted octanol–water partition coefficient (Wildman–Crippen LogP) is 3.69. The number of nitrogens with one attached hydrogen (secondary N) is 1. The van der Waals surface area contributed by atoms with Crippen molar-refractivity contribution in [2.75, 3.05) is 5.32 Å². The number of benzene rings is 1. The van der Waals surface area contributed by atoms with E-state index in [0.29, 0.717) is 0 Å². The Bertz CT molecular complexity index is 536. The molecule has 1 unspecified atom stereocenters. The quantitative estimate of drug-likeness (QED) is 0.836. The van der Waals surface area contributed by atoms with Gasteiger partial charge in [0.25, 0.3) is 0 Å². The lowest BCUT2D eigenvalue weighted by atomic mass is 10.2. The standard InChI is InChI=1S/C16H23N3O/c1-4-13(3)20-16-8-6-7-14(9-16)18-11-15-10-17-12-19(15)5-2/h6-10,12-13,18H,4-5,11H2,1-3H3. The Labute approximate surface area is 120 Å². The largest absolute Gasteiger partial charge is 0.491 e. The molecule has 0 fully saturated rings. The summed E-state index contributed by atoms with van der Waals surface area (Å²) in [7, 11) is 0. The van der Waals surface area contributed by atoms with Crippen molar-refractivity contribution in [1.29, 1.82) is 0 Å². The van der Waals surface area contributed by atoms with E-state index in [1.54, 1.807) is 0 Å². The van der Waals surface area contributed by atoms with Crippen LogP contribution in [0.5, 0.6) is 5.75 Å². The molecule has 0 bridgehead atoms. The molecule has 4 nitrogen and oxygen atoms in total. The molecule has 0 aliphatic carbocycles. The number of rotatable bonds is 7. The van der Waals surface area contributed by atoms with E-state index in [1.807, 2.05) is 30.7 Å². The fourth-order valence-electron chi connectivity index (χ4n) is 1.97. The van der Waals surface area contributed by atoms with Crippen LogP contribution in [0.25, 0.3) is 0 Å². The maximum atomic E-state index is 5.83. The van der Waals surface area contributed by atoms with Gasteiger partial charge >= 0.3 is 0 Å². The Hall–Kier alpha value is -1.97. The molecule has 0 aliphatic rings. The summed E-state index contributed by atoms with van der Waals surface area (Å²) in [5.74, 6) is 0.911. The number of anilines is 1. The molecule has 0 saturated carbocycles. The zero-order valence-corrected chi connectivity index (χ0v) is 12.5. The van der Waals surface area contributed by atoms with Gasteiger partial charge in [-0.3, -0.25) is 0 Å². The van der Waals surface area contributed by atoms with Gasteiger partial charge in [-0.25, -0.2) is 4.98 Å². The maximum Gasteiger partial charge on any atom is 0.121 e. The summed E-state index contributed by atoms with van der Waals surface area (Å²) in [4.78, 5) is 4.17. The van der Waals surface area contributed by atoms with Gasteiger partial charge in [-0.2, -0.15) is 0 Å². The summed E-state index contributed by atoms with van der Waals surface area (Å²) >= 11 is 0. The van der Waals surface area contributed by atoms with Gasteiger partial charge in [0.2, 0.25) is 0 Å². The fourth-order valence-corrected chi connectivity index (χ4v) is 1.97. The minimum Gasteiger partial charge on any atom is -0.491 e. The average molecular weight is 273 g/mol. The zero-order valence-electron chi connectivity index (χ0n) is 12.5. The van der Waals surface area contributed by atoms with Gasteiger partial charge in [0.05, 0.1) is 24.7 Å². The van der Waals surface area contributed by atoms with Crippen LogP contribution in [0.4, 0.5) is 5.69 Å². The zero-order chi connectivity index (χ0) is 14.4. The fraction of sp³-hybridized carbons (Fsp3) is 0.438. The number of hydrogen-bond donors (Lipinski definition) is 1. The van der Waals surface area contributed by atoms with Crippen molar-refractivity contribution >= 4 is 5.69 Å². The van der Waals surface area contributed by atoms with E-state index < -0.39 is 0 Å². The summed E-state index contributed by atoms with van der Waals surface area (Å²) in [5.41, 5.74) is 2.25. The minimum atomic E-state index is 0.242. The van der Waals surface area contributed by atoms with Crippen molar-refractivity contribution in [3.8, 4) is 5.75 Å². The molecule has 2 rings (SSSR count). The number of aryl methyl sites for hydroxylation is 1. The van der Waals surface area contributed by atoms with Crippen molar-refractivity contribution in [1.82, 2.24) is 9.55 Å². The highest BCUT2D eigenvalue weighted by Gasteiger charge is 2.03. The smallest absolute Gasteiger partial charge is 0.121 e. The van der Waals surface area contributed by atoms with E-state index in [2.05, 4.69) is 41.7 Å². The molecule has 108 valence electrons. The highest BCUT2D eigenvalue weighted by Crippen LogP contribution is 2.19. The highest BCUT2D eigenvalue weighted by molar-refractivity contribution is 5.48. The summed E-state index contributed by atoms with van der Waals surface area (Å²) in [6.07, 6.45) is 5.01. The molecule has 0 radical (unpaired) electrons. The van der Waals surface area contributed by atoms with Gasteiger partial charge in [-0.05, 0) is 32.4 Å². The first-order valence-electron chi connectivity index (χ1n) is 7.22. The minimum absolute atomic E-state index is 0.242. The van der Waals surface area contributed by atoms with Gasteiger partial charge in [0.15, 0.2) is 0 Å². The van der Waals surface area contributed by atoms with Gasteiger partial charge in [0, 0.05) is 24.5 Å². The Balaban J connectivity index is 1.97. The molecule has 20 heavy (non-hydrogen) atoms. The first kappa shape index (κ1) is 14.4. The molecule has 0 spiro atoms. The molecule has 0 aliphatic heterocycles. The summed E-state index contributed by atoms with van der Waals surface area (Å²) in [5, 5.41) is 3.41. The molecular weight excluding hydrogens is 250 g/mol. The van der Waals surface area contributed by atoms with Crippen LogP contribution in [-0.4, -0.2) is 15.7 Å². The van der Waals surface area contributed by atoms with Crippen LogP contribution >= 0.6 is 0 Å². The molecule has 1 heterocycles. The van der Waals surface area contributed by atoms with Gasteiger partial charge in [0.1, 0.15) is 5.75 Å². The van der Waals surface area contributed by atoms with Crippen molar-refractivity contribution in [2.24, 2.45) is 0 Å². The second-order valence-corrected chi connectivity index (χ2v) is 4.89. The Kier molecular flexibility index (Phi) is 5.04. The predicted molar refractivity (Wildman–Crippen MR) is 82.1 cm³/mol. The van der Waals surface area contributed by atoms with Gasteiger partial charge < -0.3 is 14.6 Å². The molecule has 1 atom stereocenters. The van der Waals surface area contributed by atoms with Crippen molar-refractivity contribution in [3.63, 3.8) is 0 Å². The lowest BCUT2D eigenvalue weighted by molar-refractivity contribution is 0.217. The number of nitrogens with zero attached hydrogens (tertiary/aromatic N) is 2. The SMILES string of the molecule is CCC(C)Oc1cccc(NCc2cncn2CC)c1. The maximum absolute atomic E-state index is 5.83. The topological polar surface area (TPSA) is 39.1 Å². The summed E-state index contributed by atoms with van der Waals surface area (Å²) in [6.45, 7) is 8.03. The molecule has 0 saturated heterocycles. The average Bonchev–Trinajstić information content (AvgIpc) is 2.93. The van der Waals surface area contributed by atoms with Gasteiger partial charge in [-0.1, -0.05) is 13.0 Å². The molecule has 2 aromatic rings. The van der Waals surface area contributed by atoms with Crippen molar-refractivity contribution in [3.05, 3.63) is 42.5 Å². The van der Waals surface area contributed by atoms with Crippen LogP contribution in [0.3, 0.4) is 0 Å². The number of ether oxygens (including phenoxy) is 1. The molecule has 0 amide bonds. The van der Waals surface area contributed by atoms with Crippen molar-refractivity contribution in [2.45, 2.75) is 46.4 Å². The lowest BCUT2D eigenvalue weighted by Gasteiger charge is -2.14. The van der Waals surface area contributed by atoms with Crippen LogP contribution in [-0.2, 0) is 13.1 Å². The third-order valence-electron chi connectivity index (χ3n) is 3.36. The van der Waals surface area contributed by atoms with E-state index in [9.17, 15) is 0 Å². The number of imidazole rings is 1. The van der Waals surface area contributed by atoms with Crippen LogP contribution in [0.2, 0.25) is 0 Å². The first-order chi connectivity index (χ1) is 9.72. The number of aromatic nitrogens is 2. The van der Waals surface area contributed by atoms with Crippen LogP contribution in [0.15, 0.2) is 36.8 Å². The monoisotopic (exact) mass is 273 g/mol. The lowest BCUT2D eigenvalue weighted by Crippen LogP contribution is -2.10. The second-order valence-electron chi connectivity index (χ2n) is 4.89. The Morgan fingerprint density at radius 1 is 1.35 bits per heavy atom. The van der Waals surface area contributed by atoms with Crippen LogP contribution < -0.4 is 10.1 Å². The van der Waals surface area contributed by atoms with Crippen LogP contribution in [0, 0.1) is 0 Å². The number of hydrogen-bond acceptors (Lipinski definition) is 3. The molecule has 1 aromatic carbocycles. The Morgan fingerprint density at radius 3 is 2.95 bits per heavy atom. The highest BCUT2D eigenvalue weighted by atomic mass is 16.5. The van der Waals surface area contributed by atoms with E-state index >= 15 is 0 Å². The second kappa shape index (κ2) is 6.98. The first-order valence-corrected chi connectivity index (χ1v) is 7.22. The van der Waals surface area contributed by atoms with E-state index in [0.717, 1.165) is 30.9 Å². The third kappa shape index (κ3) is 3.76. The molecule has 4 heteroatoms. The van der Waals surface area contributed by atoms with E-state index in [-0.39, 0.29) is 6.10 Å². The molecular formula is C16H23N3O. The van der Waals surface area contributed by atoms with Gasteiger partial charge in [-0.15, -0.1) is 0 Å². The summed E-state index contributed by atoms with van der Waals surface area (Å²) < 4.78 is 7.96. The third-order valence-corrected chi connectivity index (χ3v) is 3.36. The Morgan fingerprint density at radius 2 is 2.20 bits per heavy atom. The molecule has 1 aromatic heterocycles.